The second kappa shape index (κ2) is 11.7. The summed E-state index contributed by atoms with van der Waals surface area (Å²) in [7, 11) is -3.74. The lowest BCUT2D eigenvalue weighted by Crippen LogP contribution is -2.18. The van der Waals surface area contributed by atoms with Gasteiger partial charge in [0, 0.05) is 16.3 Å². The first-order valence-corrected chi connectivity index (χ1v) is 13.2. The summed E-state index contributed by atoms with van der Waals surface area (Å²) < 4.78 is 32.9. The van der Waals surface area contributed by atoms with Gasteiger partial charge in [-0.05, 0) is 97.4 Å². The average Bonchev–Trinajstić information content (AvgIpc) is 2.90. The number of hydrogen-bond acceptors (Lipinski definition) is 6. The van der Waals surface area contributed by atoms with Crippen LogP contribution in [0.4, 0.5) is 5.69 Å². The Bertz CT molecular complexity index is 1570. The van der Waals surface area contributed by atoms with Crippen molar-refractivity contribution in [3.05, 3.63) is 124 Å². The molecule has 2 N–H and O–H groups in total. The topological polar surface area (TPSA) is 114 Å². The van der Waals surface area contributed by atoms with Gasteiger partial charge in [0.2, 0.25) is 0 Å². The van der Waals surface area contributed by atoms with Gasteiger partial charge in [0.05, 0.1) is 16.7 Å². The van der Waals surface area contributed by atoms with Gasteiger partial charge >= 0.3 is 5.97 Å². The predicted octanol–water partition coefficient (Wildman–Crippen LogP) is 5.43. The summed E-state index contributed by atoms with van der Waals surface area (Å²) in [6, 6.07) is 25.4. The smallest absolute Gasteiger partial charge is 0.343 e. The van der Waals surface area contributed by atoms with Crippen molar-refractivity contribution >= 4 is 45.4 Å². The Morgan fingerprint density at radius 2 is 1.42 bits per heavy atom. The molecule has 8 nitrogen and oxygen atoms in total. The Kier molecular flexibility index (Phi) is 8.20. The van der Waals surface area contributed by atoms with Crippen LogP contribution in [-0.2, 0) is 10.0 Å². The fraction of sp³-hybridized carbons (Fsp3) is 0.0357. The summed E-state index contributed by atoms with van der Waals surface area (Å²) >= 11 is 5.83. The van der Waals surface area contributed by atoms with E-state index in [1.165, 1.54) is 42.6 Å². The third-order valence-electron chi connectivity index (χ3n) is 5.28. The van der Waals surface area contributed by atoms with E-state index in [4.69, 9.17) is 16.3 Å². The number of carbonyl (C=O) groups is 2. The minimum atomic E-state index is -3.74. The molecular weight excluding hydrogens is 526 g/mol. The van der Waals surface area contributed by atoms with Crippen LogP contribution in [0.25, 0.3) is 0 Å². The van der Waals surface area contributed by atoms with Crippen molar-refractivity contribution in [3.8, 4) is 5.75 Å². The number of nitrogens with one attached hydrogen (secondary N) is 2. The van der Waals surface area contributed by atoms with Crippen molar-refractivity contribution in [1.29, 1.82) is 0 Å². The van der Waals surface area contributed by atoms with Crippen molar-refractivity contribution < 1.29 is 22.7 Å². The van der Waals surface area contributed by atoms with Crippen LogP contribution < -0.4 is 14.9 Å². The maximum absolute atomic E-state index is 12.5. The summed E-state index contributed by atoms with van der Waals surface area (Å²) in [5.41, 5.74) is 5.03. The number of hydrogen-bond donors (Lipinski definition) is 2. The van der Waals surface area contributed by atoms with E-state index < -0.39 is 21.9 Å². The minimum Gasteiger partial charge on any atom is -0.423 e. The fourth-order valence-corrected chi connectivity index (χ4v) is 4.41. The largest absolute Gasteiger partial charge is 0.423 e. The molecule has 0 saturated carbocycles. The number of ether oxygens (including phenoxy) is 1. The molecule has 1 amide bonds. The zero-order valence-electron chi connectivity index (χ0n) is 20.1. The number of nitrogens with zero attached hydrogens (tertiary/aromatic N) is 1. The number of esters is 1. The molecule has 0 aromatic heterocycles. The second-order valence-electron chi connectivity index (χ2n) is 8.16. The van der Waals surface area contributed by atoms with Crippen LogP contribution in [-0.4, -0.2) is 26.5 Å². The van der Waals surface area contributed by atoms with E-state index in [0.29, 0.717) is 33.1 Å². The fourth-order valence-electron chi connectivity index (χ4n) is 3.22. The van der Waals surface area contributed by atoms with Crippen LogP contribution in [0.15, 0.2) is 107 Å². The molecular formula is C28H22ClN3O5S. The van der Waals surface area contributed by atoms with Gasteiger partial charge in [-0.1, -0.05) is 29.3 Å². The van der Waals surface area contributed by atoms with Gasteiger partial charge in [0.15, 0.2) is 0 Å². The van der Waals surface area contributed by atoms with Crippen molar-refractivity contribution in [2.75, 3.05) is 4.72 Å². The molecule has 38 heavy (non-hydrogen) atoms. The highest BCUT2D eigenvalue weighted by molar-refractivity contribution is 7.92. The first kappa shape index (κ1) is 26.6. The molecule has 0 fully saturated rings. The van der Waals surface area contributed by atoms with Crippen molar-refractivity contribution in [1.82, 2.24) is 5.43 Å². The highest BCUT2D eigenvalue weighted by Crippen LogP contribution is 2.18. The number of hydrazone groups is 1. The Hall–Kier alpha value is -4.47. The highest BCUT2D eigenvalue weighted by atomic mass is 35.5. The molecule has 10 heteroatoms. The number of halogens is 1. The van der Waals surface area contributed by atoms with Crippen molar-refractivity contribution in [2.24, 2.45) is 5.10 Å². The Labute approximate surface area is 225 Å². The number of sulfonamides is 1. The molecule has 0 aliphatic carbocycles. The van der Waals surface area contributed by atoms with Crippen LogP contribution in [0.2, 0.25) is 5.02 Å². The SMILES string of the molecule is Cc1ccc(S(=O)(=O)Nc2ccc(C(=O)NN=Cc3ccc(OC(=O)c4ccc(Cl)cc4)cc3)cc2)cc1. The number of benzene rings is 4. The highest BCUT2D eigenvalue weighted by Gasteiger charge is 2.14. The Balaban J connectivity index is 1.30. The molecule has 4 rings (SSSR count). The van der Waals surface area contributed by atoms with E-state index in [-0.39, 0.29) is 4.90 Å². The number of anilines is 1. The summed E-state index contributed by atoms with van der Waals surface area (Å²) in [6.07, 6.45) is 1.44. The van der Waals surface area contributed by atoms with E-state index in [1.807, 2.05) is 6.92 Å². The van der Waals surface area contributed by atoms with Gasteiger partial charge in [0.25, 0.3) is 15.9 Å². The van der Waals surface area contributed by atoms with Crippen LogP contribution in [0.3, 0.4) is 0 Å². The molecule has 0 aliphatic rings. The molecule has 0 atom stereocenters. The zero-order chi connectivity index (χ0) is 27.1. The number of amides is 1. The summed E-state index contributed by atoms with van der Waals surface area (Å²) in [5, 5.41) is 4.46. The Morgan fingerprint density at radius 1 is 0.816 bits per heavy atom. The Morgan fingerprint density at radius 3 is 2.05 bits per heavy atom. The van der Waals surface area contributed by atoms with E-state index in [1.54, 1.807) is 60.7 Å². The van der Waals surface area contributed by atoms with E-state index >= 15 is 0 Å². The van der Waals surface area contributed by atoms with Crippen molar-refractivity contribution in [3.63, 3.8) is 0 Å². The average molecular weight is 548 g/mol. The molecule has 0 bridgehead atoms. The standard InChI is InChI=1S/C28H22ClN3O5S/c1-19-2-16-26(17-3-19)38(35,36)32-24-12-8-21(9-13-24)27(33)31-30-18-20-4-14-25(15-5-20)37-28(34)22-6-10-23(29)11-7-22/h2-18,32H,1H3,(H,31,33). The van der Waals surface area contributed by atoms with Crippen LogP contribution >= 0.6 is 11.6 Å². The number of rotatable bonds is 8. The van der Waals surface area contributed by atoms with Gasteiger partial charge < -0.3 is 4.74 Å². The first-order chi connectivity index (χ1) is 18.2. The molecule has 0 radical (unpaired) electrons. The number of carbonyl (C=O) groups excluding carboxylic acids is 2. The van der Waals surface area contributed by atoms with Crippen LogP contribution in [0.5, 0.6) is 5.75 Å². The molecule has 4 aromatic carbocycles. The van der Waals surface area contributed by atoms with Crippen LogP contribution in [0.1, 0.15) is 31.8 Å². The summed E-state index contributed by atoms with van der Waals surface area (Å²) in [4.78, 5) is 24.7. The third-order valence-corrected chi connectivity index (χ3v) is 6.93. The third kappa shape index (κ3) is 7.06. The van der Waals surface area contributed by atoms with Crippen LogP contribution in [0, 0.1) is 6.92 Å². The second-order valence-corrected chi connectivity index (χ2v) is 10.3. The molecule has 0 heterocycles. The van der Waals surface area contributed by atoms with Crippen molar-refractivity contribution in [2.45, 2.75) is 11.8 Å². The molecule has 0 saturated heterocycles. The van der Waals surface area contributed by atoms with Gasteiger partial charge in [-0.25, -0.2) is 18.6 Å². The maximum Gasteiger partial charge on any atom is 0.343 e. The monoisotopic (exact) mass is 547 g/mol. The van der Waals surface area contributed by atoms with Gasteiger partial charge in [-0.3, -0.25) is 9.52 Å². The lowest BCUT2D eigenvalue weighted by molar-refractivity contribution is 0.0734. The van der Waals surface area contributed by atoms with Gasteiger partial charge in [-0.2, -0.15) is 5.10 Å². The van der Waals surface area contributed by atoms with E-state index in [9.17, 15) is 18.0 Å². The van der Waals surface area contributed by atoms with Gasteiger partial charge in [-0.15, -0.1) is 0 Å². The lowest BCUT2D eigenvalue weighted by atomic mass is 10.2. The summed E-state index contributed by atoms with van der Waals surface area (Å²) in [5.74, 6) is -0.628. The lowest BCUT2D eigenvalue weighted by Gasteiger charge is -2.09. The maximum atomic E-state index is 12.5. The molecule has 0 aliphatic heterocycles. The minimum absolute atomic E-state index is 0.145. The van der Waals surface area contributed by atoms with E-state index in [0.717, 1.165) is 5.56 Å². The normalized spacial score (nSPS) is 11.2. The molecule has 0 unspecified atom stereocenters. The zero-order valence-corrected chi connectivity index (χ0v) is 21.7. The van der Waals surface area contributed by atoms with Gasteiger partial charge in [0.1, 0.15) is 5.75 Å². The number of aryl methyl sites for hydroxylation is 1. The summed E-state index contributed by atoms with van der Waals surface area (Å²) in [6.45, 7) is 1.87. The van der Waals surface area contributed by atoms with E-state index in [2.05, 4.69) is 15.2 Å². The molecule has 192 valence electrons. The first-order valence-electron chi connectivity index (χ1n) is 11.3. The quantitative estimate of drug-likeness (QED) is 0.132. The predicted molar refractivity (Wildman–Crippen MR) is 146 cm³/mol. The molecule has 0 spiro atoms. The molecule has 4 aromatic rings.